The molecule has 0 N–H and O–H groups in total. The van der Waals surface area contributed by atoms with E-state index in [-0.39, 0.29) is 66.1 Å². The number of pyridine rings is 1. The molecule has 0 spiro atoms. The van der Waals surface area contributed by atoms with Crippen molar-refractivity contribution in [2.45, 2.75) is 70.6 Å². The fourth-order valence-electron chi connectivity index (χ4n) is 6.83. The molecule has 3 aromatic carbocycles. The lowest BCUT2D eigenvalue weighted by molar-refractivity contribution is -0.318. The highest BCUT2D eigenvalue weighted by Gasteiger charge is 2.35. The molecule has 15 heteroatoms. The number of halogens is 5. The highest BCUT2D eigenvalue weighted by atomic mass is 19.4. The van der Waals surface area contributed by atoms with Gasteiger partial charge in [-0.15, -0.1) is 13.2 Å². The van der Waals surface area contributed by atoms with E-state index in [4.69, 9.17) is 0 Å². The van der Waals surface area contributed by atoms with Crippen LogP contribution in [-0.2, 0) is 35.5 Å². The second-order valence-electron chi connectivity index (χ2n) is 13.9. The lowest BCUT2D eigenvalue weighted by atomic mass is 9.95. The normalized spacial score (nSPS) is 14.2. The van der Waals surface area contributed by atoms with Crippen LogP contribution in [0.4, 0.5) is 22.0 Å². The number of piperidine rings is 1. The van der Waals surface area contributed by atoms with Crippen LogP contribution < -0.4 is 15.4 Å². The molecular formula is C40H37F5N5O5-. The summed E-state index contributed by atoms with van der Waals surface area (Å²) in [6, 6.07) is 18.7. The van der Waals surface area contributed by atoms with E-state index in [0.29, 0.717) is 31.5 Å². The first kappa shape index (κ1) is 39.0. The second kappa shape index (κ2) is 16.0. The van der Waals surface area contributed by atoms with Gasteiger partial charge in [0.05, 0.1) is 16.9 Å². The molecule has 3 heterocycles. The minimum atomic E-state index is -4.81. The first-order chi connectivity index (χ1) is 26.1. The van der Waals surface area contributed by atoms with E-state index in [2.05, 4.69) is 14.7 Å². The van der Waals surface area contributed by atoms with Crippen LogP contribution in [0.15, 0.2) is 89.9 Å². The Balaban J connectivity index is 1.29. The number of carboxylic acids is 1. The number of benzene rings is 3. The van der Waals surface area contributed by atoms with E-state index in [1.54, 1.807) is 47.9 Å². The van der Waals surface area contributed by atoms with Crippen molar-refractivity contribution in [3.63, 3.8) is 0 Å². The topological polar surface area (TPSA) is 121 Å². The molecular weight excluding hydrogens is 725 g/mol. The second-order valence-corrected chi connectivity index (χ2v) is 13.9. The van der Waals surface area contributed by atoms with Crippen LogP contribution in [0.1, 0.15) is 43.6 Å². The van der Waals surface area contributed by atoms with Gasteiger partial charge in [0, 0.05) is 44.4 Å². The van der Waals surface area contributed by atoms with Gasteiger partial charge in [-0.25, -0.2) is 13.8 Å². The van der Waals surface area contributed by atoms with Crippen molar-refractivity contribution in [1.29, 1.82) is 0 Å². The molecule has 2 aromatic heterocycles. The maximum Gasteiger partial charge on any atom is 0.573 e. The summed E-state index contributed by atoms with van der Waals surface area (Å²) in [5.41, 5.74) is 0.747. The lowest BCUT2D eigenvalue weighted by Crippen LogP contribution is -2.60. The smallest absolute Gasteiger partial charge is 0.548 e. The van der Waals surface area contributed by atoms with Gasteiger partial charge in [0.2, 0.25) is 5.91 Å². The molecule has 10 nitrogen and oxygen atoms in total. The third kappa shape index (κ3) is 9.16. The number of carbonyl (C=O) groups excluding carboxylic acids is 2. The Kier molecular flexibility index (Phi) is 11.3. The Morgan fingerprint density at radius 2 is 1.58 bits per heavy atom. The van der Waals surface area contributed by atoms with Gasteiger partial charge in [-0.3, -0.25) is 14.5 Å². The zero-order valence-corrected chi connectivity index (χ0v) is 30.0. The van der Waals surface area contributed by atoms with Crippen molar-refractivity contribution < 1.29 is 41.4 Å². The van der Waals surface area contributed by atoms with Gasteiger partial charge in [0.25, 0.3) is 5.56 Å². The van der Waals surface area contributed by atoms with Crippen LogP contribution in [0.2, 0.25) is 0 Å². The zero-order valence-electron chi connectivity index (χ0n) is 30.0. The fourth-order valence-corrected chi connectivity index (χ4v) is 6.83. The first-order valence-electron chi connectivity index (χ1n) is 17.6. The van der Waals surface area contributed by atoms with E-state index < -0.39 is 35.1 Å². The summed E-state index contributed by atoms with van der Waals surface area (Å²) in [5.74, 6) is -3.18. The quantitative estimate of drug-likeness (QED) is 0.154. The summed E-state index contributed by atoms with van der Waals surface area (Å²) in [7, 11) is 0. The third-order valence-electron chi connectivity index (χ3n) is 9.99. The van der Waals surface area contributed by atoms with E-state index in [1.807, 2.05) is 12.1 Å². The molecule has 5 aromatic rings. The van der Waals surface area contributed by atoms with Crippen LogP contribution in [0.3, 0.4) is 0 Å². The molecule has 55 heavy (non-hydrogen) atoms. The molecule has 0 bridgehead atoms. The molecule has 1 amide bonds. The van der Waals surface area contributed by atoms with Gasteiger partial charge < -0.3 is 24.1 Å². The van der Waals surface area contributed by atoms with Crippen LogP contribution >= 0.6 is 0 Å². The third-order valence-corrected chi connectivity index (χ3v) is 9.99. The maximum absolute atomic E-state index is 14.6. The predicted octanol–water partition coefficient (Wildman–Crippen LogP) is 5.44. The largest absolute Gasteiger partial charge is 0.573 e. The van der Waals surface area contributed by atoms with Gasteiger partial charge in [0.1, 0.15) is 35.4 Å². The van der Waals surface area contributed by atoms with E-state index >= 15 is 0 Å². The monoisotopic (exact) mass is 762 g/mol. The minimum Gasteiger partial charge on any atom is -0.548 e. The Bertz CT molecular complexity index is 2240. The molecule has 288 valence electrons. The molecule has 6 rings (SSSR count). The van der Waals surface area contributed by atoms with Crippen LogP contribution in [0.5, 0.6) is 5.75 Å². The maximum atomic E-state index is 14.6. The number of ether oxygens (including phenoxy) is 1. The van der Waals surface area contributed by atoms with Crippen molar-refractivity contribution in [3.05, 3.63) is 124 Å². The Labute approximate surface area is 312 Å². The summed E-state index contributed by atoms with van der Waals surface area (Å²) in [5, 5.41) is 12.1. The zero-order chi connectivity index (χ0) is 39.5. The number of alkyl halides is 3. The Hall–Kier alpha value is -5.70. The number of carbonyl (C=O) groups is 2. The summed E-state index contributed by atoms with van der Waals surface area (Å²) < 4.78 is 71.6. The number of amides is 1. The predicted molar refractivity (Wildman–Crippen MR) is 190 cm³/mol. The SMILES string of the molecule is CC(C)(C(=O)[O-])N1CCC(N(Cc2ccc(-c3ccc(OC(F)(F)F)cc3)cc2)C(=O)Cn2c(CCc3ccc(F)cc3F)nc(=O)c3cccnc32)CC1. The molecule has 1 saturated heterocycles. The molecule has 1 aliphatic rings. The average Bonchev–Trinajstić information content (AvgIpc) is 3.15. The highest BCUT2D eigenvalue weighted by molar-refractivity contribution is 5.80. The number of hydrogen-bond donors (Lipinski definition) is 0. The average molecular weight is 763 g/mol. The Morgan fingerprint density at radius 3 is 2.20 bits per heavy atom. The Morgan fingerprint density at radius 1 is 0.927 bits per heavy atom. The van der Waals surface area contributed by atoms with Gasteiger partial charge in [-0.1, -0.05) is 42.5 Å². The fraction of sp³-hybridized carbons (Fsp3) is 0.325. The number of aromatic nitrogens is 3. The number of nitrogens with zero attached hydrogens (tertiary/aromatic N) is 5. The van der Waals surface area contributed by atoms with Gasteiger partial charge >= 0.3 is 6.36 Å². The summed E-state index contributed by atoms with van der Waals surface area (Å²) in [6.45, 7) is 3.77. The molecule has 0 aliphatic carbocycles. The highest BCUT2D eigenvalue weighted by Crippen LogP contribution is 2.29. The number of hydrogen-bond acceptors (Lipinski definition) is 8. The van der Waals surface area contributed by atoms with Gasteiger partial charge in [-0.05, 0) is 85.7 Å². The number of rotatable bonds is 12. The van der Waals surface area contributed by atoms with Gasteiger partial charge in [-0.2, -0.15) is 4.98 Å². The number of carboxylic acid groups (broad SMARTS) is 1. The van der Waals surface area contributed by atoms with Crippen molar-refractivity contribution in [1.82, 2.24) is 24.3 Å². The first-order valence-corrected chi connectivity index (χ1v) is 17.6. The number of fused-ring (bicyclic) bond motifs is 1. The summed E-state index contributed by atoms with van der Waals surface area (Å²) in [6.07, 6.45) is -2.33. The molecule has 0 radical (unpaired) electrons. The van der Waals surface area contributed by atoms with Crippen molar-refractivity contribution in [3.8, 4) is 16.9 Å². The molecule has 1 aliphatic heterocycles. The lowest BCUT2D eigenvalue weighted by Gasteiger charge is -2.45. The molecule has 0 saturated carbocycles. The minimum absolute atomic E-state index is 0.0407. The van der Waals surface area contributed by atoms with Gasteiger partial charge in [0.15, 0.2) is 0 Å². The number of aliphatic carboxylic acids is 1. The van der Waals surface area contributed by atoms with E-state index in [9.17, 15) is 41.4 Å². The van der Waals surface area contributed by atoms with E-state index in [0.717, 1.165) is 23.3 Å². The standard InChI is InChI=1S/C40H38F5N5O5/c1-39(2,38(53)54)48-20-17-30(18-21-48)49(23-25-5-7-26(8-6-25)27-10-14-31(15-11-27)55-40(43,44)45)35(51)24-50-34(16-12-28-9-13-29(41)22-33(28)42)47-37(52)32-4-3-19-46-36(32)50/h3-11,13-15,19,22,30H,12,16-18,20-21,23-24H2,1-2H3,(H,53,54)/p-1. The van der Waals surface area contributed by atoms with Crippen LogP contribution in [-0.4, -0.2) is 67.2 Å². The summed E-state index contributed by atoms with van der Waals surface area (Å²) >= 11 is 0. The van der Waals surface area contributed by atoms with Crippen LogP contribution in [0, 0.1) is 11.6 Å². The molecule has 0 unspecified atom stereocenters. The van der Waals surface area contributed by atoms with E-state index in [1.165, 1.54) is 41.1 Å². The number of likely N-dealkylation sites (tertiary alicyclic amines) is 1. The molecule has 0 atom stereocenters. The van der Waals surface area contributed by atoms with Crippen molar-refractivity contribution >= 4 is 22.9 Å². The molecule has 1 fully saturated rings. The van der Waals surface area contributed by atoms with Crippen molar-refractivity contribution in [2.75, 3.05) is 13.1 Å². The number of aryl methyl sites for hydroxylation is 2. The summed E-state index contributed by atoms with van der Waals surface area (Å²) in [4.78, 5) is 51.6. The van der Waals surface area contributed by atoms with Crippen LogP contribution in [0.25, 0.3) is 22.2 Å². The van der Waals surface area contributed by atoms with Crippen molar-refractivity contribution in [2.24, 2.45) is 0 Å².